The number of amides is 2. The molecule has 3 rings (SSSR count). The SMILES string of the molecule is O=C1CCC(Nc2ccc(C3CCNCC3)cn2)C(=O)N1. The van der Waals surface area contributed by atoms with E-state index in [0.29, 0.717) is 24.6 Å². The van der Waals surface area contributed by atoms with E-state index in [9.17, 15) is 9.59 Å². The second-order valence-corrected chi connectivity index (χ2v) is 5.65. The number of nitrogens with zero attached hydrogens (tertiary/aromatic N) is 1. The summed E-state index contributed by atoms with van der Waals surface area (Å²) in [7, 11) is 0. The number of carbonyl (C=O) groups is 2. The Morgan fingerprint density at radius 2 is 1.95 bits per heavy atom. The van der Waals surface area contributed by atoms with Gasteiger partial charge in [0.25, 0.3) is 0 Å². The van der Waals surface area contributed by atoms with Crippen molar-refractivity contribution >= 4 is 17.6 Å². The number of piperidine rings is 2. The van der Waals surface area contributed by atoms with Gasteiger partial charge >= 0.3 is 0 Å². The molecule has 0 aliphatic carbocycles. The minimum absolute atomic E-state index is 0.202. The van der Waals surface area contributed by atoms with E-state index in [0.717, 1.165) is 25.9 Å². The molecule has 6 nitrogen and oxygen atoms in total. The average molecular weight is 288 g/mol. The summed E-state index contributed by atoms with van der Waals surface area (Å²) in [4.78, 5) is 27.2. The van der Waals surface area contributed by atoms with E-state index >= 15 is 0 Å². The number of hydrogen-bond acceptors (Lipinski definition) is 5. The molecule has 112 valence electrons. The summed E-state index contributed by atoms with van der Waals surface area (Å²) < 4.78 is 0. The van der Waals surface area contributed by atoms with Crippen LogP contribution in [0.1, 0.15) is 37.2 Å². The van der Waals surface area contributed by atoms with Gasteiger partial charge in [-0.1, -0.05) is 6.07 Å². The standard InChI is InChI=1S/C15H20N4O2/c20-14-4-2-12(15(21)19-14)18-13-3-1-11(9-17-13)10-5-7-16-8-6-10/h1,3,9-10,12,16H,2,4-8H2,(H,17,18)(H,19,20,21). The highest BCUT2D eigenvalue weighted by molar-refractivity contribution is 6.01. The first-order valence-corrected chi connectivity index (χ1v) is 7.49. The first-order chi connectivity index (χ1) is 10.2. The van der Waals surface area contributed by atoms with Crippen LogP contribution in [0.4, 0.5) is 5.82 Å². The van der Waals surface area contributed by atoms with E-state index in [2.05, 4.69) is 27.0 Å². The molecule has 2 fully saturated rings. The average Bonchev–Trinajstić information content (AvgIpc) is 2.52. The predicted molar refractivity (Wildman–Crippen MR) is 78.9 cm³/mol. The van der Waals surface area contributed by atoms with Gasteiger partial charge in [-0.3, -0.25) is 14.9 Å². The number of rotatable bonds is 3. The van der Waals surface area contributed by atoms with E-state index < -0.39 is 0 Å². The van der Waals surface area contributed by atoms with Gasteiger partial charge in [0.15, 0.2) is 0 Å². The Labute approximate surface area is 123 Å². The molecule has 0 bridgehead atoms. The summed E-state index contributed by atoms with van der Waals surface area (Å²) in [5.41, 5.74) is 1.25. The van der Waals surface area contributed by atoms with Gasteiger partial charge in [-0.15, -0.1) is 0 Å². The number of pyridine rings is 1. The Kier molecular flexibility index (Phi) is 4.15. The van der Waals surface area contributed by atoms with Crippen molar-refractivity contribution in [2.75, 3.05) is 18.4 Å². The molecule has 21 heavy (non-hydrogen) atoms. The maximum Gasteiger partial charge on any atom is 0.249 e. The van der Waals surface area contributed by atoms with Crippen LogP contribution in [0.25, 0.3) is 0 Å². The molecule has 3 N–H and O–H groups in total. The third-order valence-corrected chi connectivity index (χ3v) is 4.16. The Morgan fingerprint density at radius 1 is 1.14 bits per heavy atom. The fourth-order valence-corrected chi connectivity index (χ4v) is 2.90. The van der Waals surface area contributed by atoms with Gasteiger partial charge < -0.3 is 10.6 Å². The largest absolute Gasteiger partial charge is 0.358 e. The fraction of sp³-hybridized carbons (Fsp3) is 0.533. The van der Waals surface area contributed by atoms with Crippen molar-refractivity contribution in [3.8, 4) is 0 Å². The maximum atomic E-state index is 11.7. The van der Waals surface area contributed by atoms with Crippen LogP contribution in [0.5, 0.6) is 0 Å². The van der Waals surface area contributed by atoms with Gasteiger partial charge in [0.05, 0.1) is 0 Å². The van der Waals surface area contributed by atoms with Gasteiger partial charge in [-0.05, 0) is 49.9 Å². The van der Waals surface area contributed by atoms with E-state index in [1.165, 1.54) is 5.56 Å². The van der Waals surface area contributed by atoms with E-state index in [1.807, 2.05) is 12.3 Å². The van der Waals surface area contributed by atoms with E-state index in [1.54, 1.807) is 0 Å². The van der Waals surface area contributed by atoms with Crippen LogP contribution in [0.2, 0.25) is 0 Å². The zero-order chi connectivity index (χ0) is 14.7. The molecule has 1 aromatic heterocycles. The quantitative estimate of drug-likeness (QED) is 0.715. The zero-order valence-corrected chi connectivity index (χ0v) is 11.9. The highest BCUT2D eigenvalue weighted by Gasteiger charge is 2.26. The molecular weight excluding hydrogens is 268 g/mol. The van der Waals surface area contributed by atoms with Gasteiger partial charge in [0.2, 0.25) is 11.8 Å². The molecule has 2 saturated heterocycles. The molecule has 0 radical (unpaired) electrons. The third-order valence-electron chi connectivity index (χ3n) is 4.16. The molecule has 2 aliphatic rings. The van der Waals surface area contributed by atoms with Gasteiger partial charge in [-0.2, -0.15) is 0 Å². The summed E-state index contributed by atoms with van der Waals surface area (Å²) in [6, 6.07) is 3.62. The molecule has 0 spiro atoms. The highest BCUT2D eigenvalue weighted by Crippen LogP contribution is 2.25. The summed E-state index contributed by atoms with van der Waals surface area (Å²) in [5.74, 6) is 0.785. The topological polar surface area (TPSA) is 83.1 Å². The number of nitrogens with one attached hydrogen (secondary N) is 3. The smallest absolute Gasteiger partial charge is 0.249 e. The lowest BCUT2D eigenvalue weighted by molar-refractivity contribution is -0.133. The molecule has 0 saturated carbocycles. The minimum atomic E-state index is -0.375. The second-order valence-electron chi connectivity index (χ2n) is 5.65. The normalized spacial score (nSPS) is 23.7. The number of hydrogen-bond donors (Lipinski definition) is 3. The van der Waals surface area contributed by atoms with Crippen molar-refractivity contribution < 1.29 is 9.59 Å². The van der Waals surface area contributed by atoms with E-state index in [-0.39, 0.29) is 17.9 Å². The van der Waals surface area contributed by atoms with Crippen LogP contribution >= 0.6 is 0 Å². The Morgan fingerprint density at radius 3 is 2.62 bits per heavy atom. The van der Waals surface area contributed by atoms with Crippen molar-refractivity contribution in [1.82, 2.24) is 15.6 Å². The molecule has 3 heterocycles. The third kappa shape index (κ3) is 3.39. The molecule has 2 amide bonds. The fourth-order valence-electron chi connectivity index (χ4n) is 2.90. The Balaban J connectivity index is 1.61. The second kappa shape index (κ2) is 6.22. The van der Waals surface area contributed by atoms with Gasteiger partial charge in [0.1, 0.15) is 11.9 Å². The van der Waals surface area contributed by atoms with Crippen molar-refractivity contribution in [2.45, 2.75) is 37.6 Å². The number of carbonyl (C=O) groups excluding carboxylic acids is 2. The lowest BCUT2D eigenvalue weighted by Gasteiger charge is -2.24. The zero-order valence-electron chi connectivity index (χ0n) is 11.9. The molecular formula is C15H20N4O2. The van der Waals surface area contributed by atoms with Crippen LogP contribution in [0.15, 0.2) is 18.3 Å². The number of anilines is 1. The number of imide groups is 1. The molecule has 1 atom stereocenters. The Hall–Kier alpha value is -1.95. The summed E-state index contributed by atoms with van der Waals surface area (Å²) in [6.07, 6.45) is 5.06. The molecule has 6 heteroatoms. The molecule has 1 aromatic rings. The van der Waals surface area contributed by atoms with Crippen LogP contribution in [0.3, 0.4) is 0 Å². The van der Waals surface area contributed by atoms with Crippen molar-refractivity contribution in [3.63, 3.8) is 0 Å². The Bertz CT molecular complexity index is 523. The lowest BCUT2D eigenvalue weighted by Crippen LogP contribution is -2.47. The highest BCUT2D eigenvalue weighted by atomic mass is 16.2. The summed E-state index contributed by atoms with van der Waals surface area (Å²) in [5, 5.41) is 8.78. The van der Waals surface area contributed by atoms with Gasteiger partial charge in [-0.25, -0.2) is 4.98 Å². The molecule has 1 unspecified atom stereocenters. The van der Waals surface area contributed by atoms with Crippen molar-refractivity contribution in [2.24, 2.45) is 0 Å². The maximum absolute atomic E-state index is 11.7. The number of aromatic nitrogens is 1. The van der Waals surface area contributed by atoms with Gasteiger partial charge in [0, 0.05) is 12.6 Å². The predicted octanol–water partition coefficient (Wildman–Crippen LogP) is 0.766. The first-order valence-electron chi connectivity index (χ1n) is 7.49. The van der Waals surface area contributed by atoms with Crippen molar-refractivity contribution in [1.29, 1.82) is 0 Å². The monoisotopic (exact) mass is 288 g/mol. The minimum Gasteiger partial charge on any atom is -0.358 e. The molecule has 2 aliphatic heterocycles. The van der Waals surface area contributed by atoms with Crippen LogP contribution in [-0.4, -0.2) is 35.9 Å². The van der Waals surface area contributed by atoms with Crippen LogP contribution < -0.4 is 16.0 Å². The van der Waals surface area contributed by atoms with Crippen LogP contribution in [-0.2, 0) is 9.59 Å². The summed E-state index contributed by atoms with van der Waals surface area (Å²) >= 11 is 0. The first kappa shape index (κ1) is 14.0. The summed E-state index contributed by atoms with van der Waals surface area (Å²) in [6.45, 7) is 2.11. The molecule has 0 aromatic carbocycles. The van der Waals surface area contributed by atoms with E-state index in [4.69, 9.17) is 0 Å². The van der Waals surface area contributed by atoms with Crippen LogP contribution in [0, 0.1) is 0 Å². The lowest BCUT2D eigenvalue weighted by atomic mass is 9.91. The van der Waals surface area contributed by atoms with Crippen molar-refractivity contribution in [3.05, 3.63) is 23.9 Å².